The third-order valence-corrected chi connectivity index (χ3v) is 4.42. The monoisotopic (exact) mass is 366 g/mol. The van der Waals surface area contributed by atoms with Crippen molar-refractivity contribution in [3.63, 3.8) is 0 Å². The first kappa shape index (κ1) is 18.5. The Kier molecular flexibility index (Phi) is 5.45. The lowest BCUT2D eigenvalue weighted by atomic mass is 10.1. The van der Waals surface area contributed by atoms with Gasteiger partial charge in [-0.1, -0.05) is 24.3 Å². The molecular weight excluding hydrogens is 344 g/mol. The molecule has 0 aliphatic heterocycles. The second-order valence-corrected chi connectivity index (χ2v) is 6.21. The number of nitrogens with zero attached hydrogens (tertiary/aromatic N) is 1. The molecule has 27 heavy (non-hydrogen) atoms. The van der Waals surface area contributed by atoms with Gasteiger partial charge in [-0.2, -0.15) is 0 Å². The Labute approximate surface area is 157 Å². The molecule has 2 aromatic carbocycles. The third-order valence-electron chi connectivity index (χ3n) is 4.42. The van der Waals surface area contributed by atoms with E-state index in [9.17, 15) is 9.59 Å². The maximum Gasteiger partial charge on any atom is 0.240 e. The summed E-state index contributed by atoms with van der Waals surface area (Å²) in [7, 11) is 3.15. The smallest absolute Gasteiger partial charge is 0.240 e. The maximum atomic E-state index is 12.4. The van der Waals surface area contributed by atoms with Crippen LogP contribution >= 0.6 is 0 Å². The zero-order chi connectivity index (χ0) is 19.4. The fourth-order valence-corrected chi connectivity index (χ4v) is 3.06. The minimum absolute atomic E-state index is 0.0179. The number of rotatable bonds is 7. The van der Waals surface area contributed by atoms with Crippen molar-refractivity contribution in [2.45, 2.75) is 20.0 Å². The SMILES string of the molecule is COc1ccc(CNC(=O)Cn2cc(C(C)=O)c3ccccc32)cc1OC. The highest BCUT2D eigenvalue weighted by Gasteiger charge is 2.13. The van der Waals surface area contributed by atoms with Crippen LogP contribution in [0.4, 0.5) is 0 Å². The summed E-state index contributed by atoms with van der Waals surface area (Å²) in [6, 6.07) is 13.1. The van der Waals surface area contributed by atoms with E-state index in [1.165, 1.54) is 6.92 Å². The number of fused-ring (bicyclic) bond motifs is 1. The summed E-state index contributed by atoms with van der Waals surface area (Å²) < 4.78 is 12.3. The molecule has 0 bridgehead atoms. The third kappa shape index (κ3) is 3.95. The standard InChI is InChI=1S/C21H22N2O4/c1-14(24)17-12-23(18-7-5-4-6-16(17)18)13-21(25)22-11-15-8-9-19(26-2)20(10-15)27-3/h4-10,12H,11,13H2,1-3H3,(H,22,25). The first-order valence-electron chi connectivity index (χ1n) is 8.60. The van der Waals surface area contributed by atoms with Gasteiger partial charge < -0.3 is 19.4 Å². The van der Waals surface area contributed by atoms with E-state index in [2.05, 4.69) is 5.32 Å². The Morgan fingerprint density at radius 2 is 1.78 bits per heavy atom. The molecule has 0 aliphatic rings. The van der Waals surface area contributed by atoms with Crippen LogP contribution in [0, 0.1) is 0 Å². The lowest BCUT2D eigenvalue weighted by Crippen LogP contribution is -2.26. The van der Waals surface area contributed by atoms with Crippen LogP contribution in [-0.4, -0.2) is 30.5 Å². The van der Waals surface area contributed by atoms with Crippen molar-refractivity contribution in [3.8, 4) is 11.5 Å². The number of para-hydroxylation sites is 1. The summed E-state index contributed by atoms with van der Waals surface area (Å²) in [5, 5.41) is 3.76. The van der Waals surface area contributed by atoms with E-state index in [0.717, 1.165) is 16.5 Å². The van der Waals surface area contributed by atoms with E-state index in [1.807, 2.05) is 36.4 Å². The van der Waals surface area contributed by atoms with Gasteiger partial charge in [-0.3, -0.25) is 9.59 Å². The van der Waals surface area contributed by atoms with E-state index < -0.39 is 0 Å². The molecule has 3 rings (SSSR count). The van der Waals surface area contributed by atoms with Gasteiger partial charge in [-0.15, -0.1) is 0 Å². The molecule has 1 heterocycles. The average molecular weight is 366 g/mol. The molecule has 1 amide bonds. The Balaban J connectivity index is 1.72. The molecule has 0 unspecified atom stereocenters. The molecule has 140 valence electrons. The van der Waals surface area contributed by atoms with Crippen molar-refractivity contribution in [3.05, 3.63) is 59.8 Å². The zero-order valence-electron chi connectivity index (χ0n) is 15.6. The van der Waals surface area contributed by atoms with Gasteiger partial charge in [0.1, 0.15) is 6.54 Å². The Morgan fingerprint density at radius 1 is 1.04 bits per heavy atom. The second-order valence-electron chi connectivity index (χ2n) is 6.21. The first-order chi connectivity index (χ1) is 13.0. The molecule has 0 atom stereocenters. The Hall–Kier alpha value is -3.28. The number of ether oxygens (including phenoxy) is 2. The Morgan fingerprint density at radius 3 is 2.48 bits per heavy atom. The molecule has 1 N–H and O–H groups in total. The summed E-state index contributed by atoms with van der Waals surface area (Å²) in [6.45, 7) is 2.04. The average Bonchev–Trinajstić information content (AvgIpc) is 3.05. The lowest BCUT2D eigenvalue weighted by molar-refractivity contribution is -0.121. The number of amides is 1. The zero-order valence-corrected chi connectivity index (χ0v) is 15.6. The molecule has 6 nitrogen and oxygen atoms in total. The first-order valence-corrected chi connectivity index (χ1v) is 8.60. The van der Waals surface area contributed by atoms with E-state index in [0.29, 0.717) is 23.6 Å². The van der Waals surface area contributed by atoms with Gasteiger partial charge in [-0.25, -0.2) is 0 Å². The number of hydrogen-bond donors (Lipinski definition) is 1. The van der Waals surface area contributed by atoms with Crippen LogP contribution in [0.15, 0.2) is 48.7 Å². The van der Waals surface area contributed by atoms with Crippen LogP contribution in [0.2, 0.25) is 0 Å². The molecule has 1 aromatic heterocycles. The van der Waals surface area contributed by atoms with Crippen LogP contribution in [0.25, 0.3) is 10.9 Å². The highest BCUT2D eigenvalue weighted by molar-refractivity contribution is 6.07. The van der Waals surface area contributed by atoms with E-state index in [-0.39, 0.29) is 18.2 Å². The quantitative estimate of drug-likeness (QED) is 0.652. The minimum Gasteiger partial charge on any atom is -0.493 e. The highest BCUT2D eigenvalue weighted by atomic mass is 16.5. The molecule has 0 radical (unpaired) electrons. The van der Waals surface area contributed by atoms with Gasteiger partial charge in [0.05, 0.1) is 14.2 Å². The van der Waals surface area contributed by atoms with Gasteiger partial charge in [0, 0.05) is 29.2 Å². The molecule has 6 heteroatoms. The predicted octanol–water partition coefficient (Wildman–Crippen LogP) is 3.18. The summed E-state index contributed by atoms with van der Waals surface area (Å²) in [5.74, 6) is 1.10. The molecule has 0 saturated carbocycles. The van der Waals surface area contributed by atoms with E-state index in [4.69, 9.17) is 9.47 Å². The van der Waals surface area contributed by atoms with Crippen molar-refractivity contribution in [1.29, 1.82) is 0 Å². The van der Waals surface area contributed by atoms with Crippen molar-refractivity contribution in [2.75, 3.05) is 14.2 Å². The maximum absolute atomic E-state index is 12.4. The second kappa shape index (κ2) is 7.95. The molecule has 0 fully saturated rings. The van der Waals surface area contributed by atoms with Crippen molar-refractivity contribution >= 4 is 22.6 Å². The van der Waals surface area contributed by atoms with Gasteiger partial charge in [0.25, 0.3) is 0 Å². The van der Waals surface area contributed by atoms with E-state index in [1.54, 1.807) is 31.0 Å². The number of hydrogen-bond acceptors (Lipinski definition) is 4. The van der Waals surface area contributed by atoms with Crippen molar-refractivity contribution < 1.29 is 19.1 Å². The number of Topliss-reactive ketones (excluding diaryl/α,β-unsaturated/α-hetero) is 1. The molecule has 0 spiro atoms. The van der Waals surface area contributed by atoms with Crippen molar-refractivity contribution in [1.82, 2.24) is 9.88 Å². The van der Waals surface area contributed by atoms with Gasteiger partial charge in [0.15, 0.2) is 17.3 Å². The van der Waals surface area contributed by atoms with Gasteiger partial charge in [0.2, 0.25) is 5.91 Å². The van der Waals surface area contributed by atoms with Gasteiger partial charge in [-0.05, 0) is 30.7 Å². The number of methoxy groups -OCH3 is 2. The summed E-state index contributed by atoms with van der Waals surface area (Å²) in [6.07, 6.45) is 1.74. The fraction of sp³-hybridized carbons (Fsp3) is 0.238. The summed E-state index contributed by atoms with van der Waals surface area (Å²) >= 11 is 0. The number of ketones is 1. The fourth-order valence-electron chi connectivity index (χ4n) is 3.06. The van der Waals surface area contributed by atoms with Crippen LogP contribution in [0.3, 0.4) is 0 Å². The van der Waals surface area contributed by atoms with Crippen molar-refractivity contribution in [2.24, 2.45) is 0 Å². The molecule has 0 saturated heterocycles. The molecule has 0 aliphatic carbocycles. The summed E-state index contributed by atoms with van der Waals surface area (Å²) in [4.78, 5) is 24.3. The highest BCUT2D eigenvalue weighted by Crippen LogP contribution is 2.27. The topological polar surface area (TPSA) is 69.6 Å². The van der Waals surface area contributed by atoms with Crippen LogP contribution in [0.1, 0.15) is 22.8 Å². The number of aromatic nitrogens is 1. The predicted molar refractivity (Wildman–Crippen MR) is 103 cm³/mol. The normalized spacial score (nSPS) is 10.6. The largest absolute Gasteiger partial charge is 0.493 e. The number of nitrogens with one attached hydrogen (secondary N) is 1. The number of benzene rings is 2. The minimum atomic E-state index is -0.138. The van der Waals surface area contributed by atoms with E-state index >= 15 is 0 Å². The number of carbonyl (C=O) groups is 2. The molecular formula is C21H22N2O4. The molecule has 3 aromatic rings. The summed E-state index contributed by atoms with van der Waals surface area (Å²) in [5.41, 5.74) is 2.39. The van der Waals surface area contributed by atoms with Gasteiger partial charge >= 0.3 is 0 Å². The Bertz CT molecular complexity index is 991. The number of carbonyl (C=O) groups excluding carboxylic acids is 2. The van der Waals surface area contributed by atoms with Crippen LogP contribution in [-0.2, 0) is 17.9 Å². The van der Waals surface area contributed by atoms with Crippen LogP contribution in [0.5, 0.6) is 11.5 Å². The lowest BCUT2D eigenvalue weighted by Gasteiger charge is -2.11. The van der Waals surface area contributed by atoms with Crippen LogP contribution < -0.4 is 14.8 Å².